The van der Waals surface area contributed by atoms with Crippen LogP contribution in [0.3, 0.4) is 0 Å². The molecule has 1 N–H and O–H groups in total. The van der Waals surface area contributed by atoms with Gasteiger partial charge in [0.25, 0.3) is 0 Å². The Morgan fingerprint density at radius 3 is 2.33 bits per heavy atom. The zero-order chi connectivity index (χ0) is 9.78. The molecule has 0 spiro atoms. The van der Waals surface area contributed by atoms with Crippen molar-refractivity contribution in [2.75, 3.05) is 13.2 Å². The van der Waals surface area contributed by atoms with E-state index in [1.807, 2.05) is 20.8 Å². The largest absolute Gasteiger partial charge is 0.395 e. The fourth-order valence-corrected chi connectivity index (χ4v) is 1.24. The quantitative estimate of drug-likeness (QED) is 0.729. The Balaban J connectivity index is 3.72. The molecule has 0 bridgehead atoms. The number of rotatable bonds is 4. The van der Waals surface area contributed by atoms with Crippen LogP contribution in [0.5, 0.6) is 0 Å². The molecule has 0 aromatic rings. The van der Waals surface area contributed by atoms with Crippen LogP contribution in [0.25, 0.3) is 0 Å². The van der Waals surface area contributed by atoms with E-state index in [2.05, 4.69) is 0 Å². The second kappa shape index (κ2) is 4.94. The van der Waals surface area contributed by atoms with E-state index in [4.69, 9.17) is 9.29 Å². The van der Waals surface area contributed by atoms with E-state index >= 15 is 0 Å². The van der Waals surface area contributed by atoms with Crippen molar-refractivity contribution in [1.82, 2.24) is 0 Å². The first kappa shape index (κ1) is 12.1. The highest BCUT2D eigenvalue weighted by Gasteiger charge is 2.16. The van der Waals surface area contributed by atoms with Gasteiger partial charge in [0, 0.05) is 0 Å². The number of aliphatic hydroxyl groups excluding tert-OH is 1. The maximum Gasteiger partial charge on any atom is 0.160 e. The average Bonchev–Trinajstić information content (AvgIpc) is 1.97. The smallest absolute Gasteiger partial charge is 0.160 e. The highest BCUT2D eigenvalue weighted by atomic mass is 32.2. The van der Waals surface area contributed by atoms with Gasteiger partial charge in [-0.1, -0.05) is 20.8 Å². The van der Waals surface area contributed by atoms with Gasteiger partial charge in [-0.05, 0) is 12.3 Å². The van der Waals surface area contributed by atoms with Crippen LogP contribution in [0, 0.1) is 5.41 Å². The van der Waals surface area contributed by atoms with E-state index in [9.17, 15) is 4.21 Å². The molecule has 4 heteroatoms. The third-order valence-electron chi connectivity index (χ3n) is 1.19. The number of hydrogen-bond donors (Lipinski definition) is 1. The van der Waals surface area contributed by atoms with E-state index in [0.29, 0.717) is 6.61 Å². The summed E-state index contributed by atoms with van der Waals surface area (Å²) in [6.07, 6.45) is 0. The van der Waals surface area contributed by atoms with Crippen LogP contribution >= 0.6 is 0 Å². The number of aliphatic hydroxyl groups is 1. The average molecular weight is 194 g/mol. The Kier molecular flexibility index (Phi) is 4.97. The van der Waals surface area contributed by atoms with E-state index in [0.717, 1.165) is 0 Å². The van der Waals surface area contributed by atoms with Crippen LogP contribution in [-0.4, -0.2) is 27.8 Å². The predicted molar refractivity (Wildman–Crippen MR) is 50.1 cm³/mol. The van der Waals surface area contributed by atoms with Crippen LogP contribution in [0.1, 0.15) is 27.7 Å². The Morgan fingerprint density at radius 2 is 2.00 bits per heavy atom. The van der Waals surface area contributed by atoms with E-state index < -0.39 is 11.1 Å². The van der Waals surface area contributed by atoms with Crippen molar-refractivity contribution in [2.45, 2.75) is 32.9 Å². The van der Waals surface area contributed by atoms with Crippen molar-refractivity contribution in [1.29, 1.82) is 0 Å². The summed E-state index contributed by atoms with van der Waals surface area (Å²) in [5, 5.41) is 8.36. The lowest BCUT2D eigenvalue weighted by Crippen LogP contribution is -2.22. The molecular weight excluding hydrogens is 176 g/mol. The van der Waals surface area contributed by atoms with Gasteiger partial charge in [0.2, 0.25) is 0 Å². The summed E-state index contributed by atoms with van der Waals surface area (Å²) in [6, 6.07) is 0. The lowest BCUT2D eigenvalue weighted by Gasteiger charge is -2.18. The minimum atomic E-state index is -1.36. The molecule has 0 heterocycles. The molecule has 74 valence electrons. The van der Waals surface area contributed by atoms with Gasteiger partial charge in [0.15, 0.2) is 11.1 Å². The van der Waals surface area contributed by atoms with Gasteiger partial charge >= 0.3 is 0 Å². The highest BCUT2D eigenvalue weighted by molar-refractivity contribution is 7.80. The lowest BCUT2D eigenvalue weighted by molar-refractivity contribution is 0.209. The molecule has 3 nitrogen and oxygen atoms in total. The maximum absolute atomic E-state index is 11.1. The standard InChI is InChI=1S/C8H18O3S/c1-7(5-9)12(10)11-6-8(2,3)4/h7,9H,5-6H2,1-4H3. The molecule has 0 radical (unpaired) electrons. The Labute approximate surface area is 76.8 Å². The van der Waals surface area contributed by atoms with Gasteiger partial charge in [0.1, 0.15) is 0 Å². The Bertz CT molecular complexity index is 151. The molecule has 0 saturated carbocycles. The first-order valence-electron chi connectivity index (χ1n) is 4.01. The lowest BCUT2D eigenvalue weighted by atomic mass is 9.99. The molecule has 2 atom stereocenters. The molecule has 0 aliphatic carbocycles. The molecule has 0 aromatic heterocycles. The van der Waals surface area contributed by atoms with Crippen LogP contribution < -0.4 is 0 Å². The van der Waals surface area contributed by atoms with E-state index in [1.54, 1.807) is 6.92 Å². The molecule has 0 rings (SSSR count). The molecule has 0 fully saturated rings. The summed E-state index contributed by atoms with van der Waals surface area (Å²) in [7, 11) is 0. The second-order valence-electron chi connectivity index (χ2n) is 4.08. The van der Waals surface area contributed by atoms with Crippen LogP contribution in [0.4, 0.5) is 0 Å². The minimum absolute atomic E-state index is 0.0187. The molecular formula is C8H18O3S. The van der Waals surface area contributed by atoms with Gasteiger partial charge in [-0.25, -0.2) is 4.21 Å². The van der Waals surface area contributed by atoms with Crippen molar-refractivity contribution in [3.63, 3.8) is 0 Å². The number of hydrogen-bond acceptors (Lipinski definition) is 3. The molecule has 2 unspecified atom stereocenters. The maximum atomic E-state index is 11.1. The van der Waals surface area contributed by atoms with Crippen molar-refractivity contribution in [2.24, 2.45) is 5.41 Å². The van der Waals surface area contributed by atoms with Gasteiger partial charge in [-0.2, -0.15) is 0 Å². The van der Waals surface area contributed by atoms with Crippen LogP contribution in [-0.2, 0) is 15.3 Å². The predicted octanol–water partition coefficient (Wildman–Crippen LogP) is 1.09. The van der Waals surface area contributed by atoms with Gasteiger partial charge in [-0.15, -0.1) is 0 Å². The fraction of sp³-hybridized carbons (Fsp3) is 1.00. The monoisotopic (exact) mass is 194 g/mol. The first-order valence-corrected chi connectivity index (χ1v) is 5.15. The molecule has 0 aromatic carbocycles. The normalized spacial score (nSPS) is 17.4. The zero-order valence-corrected chi connectivity index (χ0v) is 8.98. The highest BCUT2D eigenvalue weighted by Crippen LogP contribution is 2.14. The fourth-order valence-electron chi connectivity index (χ4n) is 0.412. The third-order valence-corrected chi connectivity index (χ3v) is 2.35. The Morgan fingerprint density at radius 1 is 1.50 bits per heavy atom. The molecule has 0 aliphatic heterocycles. The van der Waals surface area contributed by atoms with Gasteiger partial charge in [0.05, 0.1) is 18.5 Å². The third kappa shape index (κ3) is 5.69. The second-order valence-corrected chi connectivity index (χ2v) is 5.64. The summed E-state index contributed by atoms with van der Waals surface area (Å²) in [5.41, 5.74) is 0.0187. The van der Waals surface area contributed by atoms with Crippen molar-refractivity contribution >= 4 is 11.1 Å². The summed E-state index contributed by atoms with van der Waals surface area (Å²) < 4.78 is 16.2. The van der Waals surface area contributed by atoms with E-state index in [1.165, 1.54) is 0 Å². The summed E-state index contributed by atoms with van der Waals surface area (Å²) in [6.45, 7) is 8.06. The van der Waals surface area contributed by atoms with Gasteiger partial charge < -0.3 is 5.11 Å². The van der Waals surface area contributed by atoms with Gasteiger partial charge in [-0.3, -0.25) is 4.18 Å². The molecule has 12 heavy (non-hydrogen) atoms. The Hall–Kier alpha value is 0.0700. The molecule has 0 amide bonds. The van der Waals surface area contributed by atoms with Crippen molar-refractivity contribution < 1.29 is 13.5 Å². The SMILES string of the molecule is CC(CO)S(=O)OCC(C)(C)C. The summed E-state index contributed by atoms with van der Waals surface area (Å²) >= 11 is -1.36. The molecule has 0 aliphatic rings. The van der Waals surface area contributed by atoms with E-state index in [-0.39, 0.29) is 17.3 Å². The zero-order valence-electron chi connectivity index (χ0n) is 8.16. The summed E-state index contributed by atoms with van der Waals surface area (Å²) in [5.74, 6) is 0. The van der Waals surface area contributed by atoms with Crippen molar-refractivity contribution in [3.8, 4) is 0 Å². The minimum Gasteiger partial charge on any atom is -0.395 e. The first-order chi connectivity index (χ1) is 5.37. The van der Waals surface area contributed by atoms with Crippen LogP contribution in [0.2, 0.25) is 0 Å². The molecule has 0 saturated heterocycles. The van der Waals surface area contributed by atoms with Crippen LogP contribution in [0.15, 0.2) is 0 Å². The van der Waals surface area contributed by atoms with Crippen molar-refractivity contribution in [3.05, 3.63) is 0 Å². The summed E-state index contributed by atoms with van der Waals surface area (Å²) in [4.78, 5) is 0. The topological polar surface area (TPSA) is 46.5 Å².